The van der Waals surface area contributed by atoms with Crippen molar-refractivity contribution in [2.24, 2.45) is 29.6 Å². The van der Waals surface area contributed by atoms with Crippen molar-refractivity contribution >= 4 is 0 Å². The van der Waals surface area contributed by atoms with Crippen LogP contribution in [-0.4, -0.2) is 0 Å². The summed E-state index contributed by atoms with van der Waals surface area (Å²) in [5.74, 6) is 5.66. The third-order valence-electron chi connectivity index (χ3n) is 5.57. The third-order valence-corrected chi connectivity index (χ3v) is 5.57. The van der Waals surface area contributed by atoms with Gasteiger partial charge in [-0.2, -0.15) is 0 Å². The second-order valence-corrected chi connectivity index (χ2v) is 6.18. The van der Waals surface area contributed by atoms with Crippen molar-refractivity contribution in [3.8, 4) is 0 Å². The third kappa shape index (κ3) is 1.33. The zero-order chi connectivity index (χ0) is 9.54. The van der Waals surface area contributed by atoms with E-state index >= 15 is 0 Å². The molecule has 0 aromatic carbocycles. The Kier molecular flexibility index (Phi) is 2.34. The Balaban J connectivity index is 1.79. The fourth-order valence-electron chi connectivity index (χ4n) is 4.91. The number of hydrogen-bond acceptors (Lipinski definition) is 0. The molecule has 0 nitrogen and oxygen atoms in total. The van der Waals surface area contributed by atoms with Crippen LogP contribution in [0.2, 0.25) is 0 Å². The van der Waals surface area contributed by atoms with Gasteiger partial charge < -0.3 is 0 Å². The van der Waals surface area contributed by atoms with Crippen LogP contribution in [0.1, 0.15) is 58.3 Å². The molecule has 14 heavy (non-hydrogen) atoms. The van der Waals surface area contributed by atoms with E-state index in [1.165, 1.54) is 19.3 Å². The molecule has 0 aromatic heterocycles. The van der Waals surface area contributed by atoms with Crippen molar-refractivity contribution in [3.63, 3.8) is 0 Å². The molecule has 0 aliphatic heterocycles. The molecule has 3 rings (SSSR count). The van der Waals surface area contributed by atoms with Crippen LogP contribution in [0.5, 0.6) is 0 Å². The second kappa shape index (κ2) is 3.54. The van der Waals surface area contributed by atoms with Crippen LogP contribution in [0, 0.1) is 29.6 Å². The summed E-state index contributed by atoms with van der Waals surface area (Å²) in [7, 11) is 0. The second-order valence-electron chi connectivity index (χ2n) is 6.18. The highest BCUT2D eigenvalue weighted by atomic mass is 14.5. The largest absolute Gasteiger partial charge is 0.0622 e. The lowest BCUT2D eigenvalue weighted by Crippen LogP contribution is -2.26. The minimum atomic E-state index is 1.05. The summed E-state index contributed by atoms with van der Waals surface area (Å²) in [6.45, 7) is 2.52. The SMILES string of the molecule is CC1CCCC2C1CC1CCCCC12. The molecular formula is C14H24. The van der Waals surface area contributed by atoms with Gasteiger partial charge in [-0.05, 0) is 48.9 Å². The summed E-state index contributed by atoms with van der Waals surface area (Å²) >= 11 is 0. The molecule has 3 fully saturated rings. The van der Waals surface area contributed by atoms with E-state index < -0.39 is 0 Å². The van der Waals surface area contributed by atoms with Gasteiger partial charge in [0.05, 0.1) is 0 Å². The summed E-state index contributed by atoms with van der Waals surface area (Å²) in [6, 6.07) is 0. The first-order chi connectivity index (χ1) is 6.86. The molecule has 3 aliphatic rings. The van der Waals surface area contributed by atoms with E-state index in [1.54, 1.807) is 32.1 Å². The summed E-state index contributed by atoms with van der Waals surface area (Å²) < 4.78 is 0. The molecule has 0 bridgehead atoms. The van der Waals surface area contributed by atoms with Crippen molar-refractivity contribution in [1.29, 1.82) is 0 Å². The van der Waals surface area contributed by atoms with Crippen molar-refractivity contribution in [2.75, 3.05) is 0 Å². The van der Waals surface area contributed by atoms with Crippen LogP contribution in [0.4, 0.5) is 0 Å². The van der Waals surface area contributed by atoms with Gasteiger partial charge in [-0.3, -0.25) is 0 Å². The topological polar surface area (TPSA) is 0 Å². The van der Waals surface area contributed by atoms with Crippen LogP contribution in [0.3, 0.4) is 0 Å². The van der Waals surface area contributed by atoms with Gasteiger partial charge in [0.15, 0.2) is 0 Å². The van der Waals surface area contributed by atoms with Crippen molar-refractivity contribution in [1.82, 2.24) is 0 Å². The smallest absolute Gasteiger partial charge is 0.0352 e. The Morgan fingerprint density at radius 2 is 1.50 bits per heavy atom. The first kappa shape index (κ1) is 9.24. The standard InChI is InChI=1S/C14H24/c1-10-5-4-8-13-12-7-3-2-6-11(12)9-14(10)13/h10-14H,2-9H2,1H3. The molecule has 0 spiro atoms. The fourth-order valence-corrected chi connectivity index (χ4v) is 4.91. The summed E-state index contributed by atoms with van der Waals surface area (Å²) in [4.78, 5) is 0. The number of hydrogen-bond donors (Lipinski definition) is 0. The molecule has 3 saturated carbocycles. The molecule has 0 N–H and O–H groups in total. The van der Waals surface area contributed by atoms with Crippen LogP contribution < -0.4 is 0 Å². The van der Waals surface area contributed by atoms with E-state index in [4.69, 9.17) is 0 Å². The maximum Gasteiger partial charge on any atom is -0.0352 e. The van der Waals surface area contributed by atoms with Gasteiger partial charge in [0.1, 0.15) is 0 Å². The molecule has 3 aliphatic carbocycles. The average molecular weight is 192 g/mol. The summed E-state index contributed by atoms with van der Waals surface area (Å²) in [5, 5.41) is 0. The fraction of sp³-hybridized carbons (Fsp3) is 1.00. The first-order valence-corrected chi connectivity index (χ1v) is 6.86. The Morgan fingerprint density at radius 3 is 2.43 bits per heavy atom. The number of rotatable bonds is 0. The molecular weight excluding hydrogens is 168 g/mol. The predicted octanol–water partition coefficient (Wildman–Crippen LogP) is 4.25. The molecule has 0 radical (unpaired) electrons. The lowest BCUT2D eigenvalue weighted by Gasteiger charge is -2.35. The molecule has 0 heteroatoms. The molecule has 0 amide bonds. The van der Waals surface area contributed by atoms with Crippen molar-refractivity contribution in [2.45, 2.75) is 58.3 Å². The van der Waals surface area contributed by atoms with Gasteiger partial charge in [-0.25, -0.2) is 0 Å². The highest BCUT2D eigenvalue weighted by molar-refractivity contribution is 4.96. The molecule has 0 saturated heterocycles. The monoisotopic (exact) mass is 192 g/mol. The minimum Gasteiger partial charge on any atom is -0.0622 e. The predicted molar refractivity (Wildman–Crippen MR) is 60.1 cm³/mol. The summed E-state index contributed by atoms with van der Waals surface area (Å²) in [6.07, 6.45) is 12.5. The van der Waals surface area contributed by atoms with Crippen LogP contribution in [-0.2, 0) is 0 Å². The Bertz CT molecular complexity index is 206. The van der Waals surface area contributed by atoms with E-state index in [2.05, 4.69) is 6.92 Å². The molecule has 0 heterocycles. The Morgan fingerprint density at radius 1 is 0.714 bits per heavy atom. The van der Waals surface area contributed by atoms with Gasteiger partial charge in [0.25, 0.3) is 0 Å². The van der Waals surface area contributed by atoms with Gasteiger partial charge in [0.2, 0.25) is 0 Å². The molecule has 0 aromatic rings. The normalized spacial score (nSPS) is 52.5. The minimum absolute atomic E-state index is 1.05. The van der Waals surface area contributed by atoms with E-state index in [-0.39, 0.29) is 0 Å². The van der Waals surface area contributed by atoms with Gasteiger partial charge in [0, 0.05) is 0 Å². The van der Waals surface area contributed by atoms with E-state index in [0.29, 0.717) is 0 Å². The van der Waals surface area contributed by atoms with Gasteiger partial charge in [-0.1, -0.05) is 39.0 Å². The Hall–Kier alpha value is 0. The van der Waals surface area contributed by atoms with Gasteiger partial charge in [-0.15, -0.1) is 0 Å². The Labute approximate surface area is 88.5 Å². The van der Waals surface area contributed by atoms with E-state index in [9.17, 15) is 0 Å². The van der Waals surface area contributed by atoms with E-state index in [0.717, 1.165) is 29.6 Å². The van der Waals surface area contributed by atoms with Crippen molar-refractivity contribution in [3.05, 3.63) is 0 Å². The molecule has 5 unspecified atom stereocenters. The lowest BCUT2D eigenvalue weighted by molar-refractivity contribution is 0.148. The van der Waals surface area contributed by atoms with E-state index in [1.807, 2.05) is 0 Å². The zero-order valence-electron chi connectivity index (χ0n) is 9.54. The van der Waals surface area contributed by atoms with Crippen molar-refractivity contribution < 1.29 is 0 Å². The molecule has 5 atom stereocenters. The maximum atomic E-state index is 2.52. The average Bonchev–Trinajstić information content (AvgIpc) is 2.59. The van der Waals surface area contributed by atoms with Gasteiger partial charge >= 0.3 is 0 Å². The maximum absolute atomic E-state index is 2.52. The molecule has 80 valence electrons. The van der Waals surface area contributed by atoms with Crippen LogP contribution in [0.25, 0.3) is 0 Å². The number of fused-ring (bicyclic) bond motifs is 3. The zero-order valence-corrected chi connectivity index (χ0v) is 9.54. The first-order valence-electron chi connectivity index (χ1n) is 6.86. The highest BCUT2D eigenvalue weighted by Gasteiger charge is 2.46. The quantitative estimate of drug-likeness (QED) is 0.538. The van der Waals surface area contributed by atoms with Crippen LogP contribution >= 0.6 is 0 Å². The summed E-state index contributed by atoms with van der Waals surface area (Å²) in [5.41, 5.74) is 0. The van der Waals surface area contributed by atoms with Crippen LogP contribution in [0.15, 0.2) is 0 Å². The highest BCUT2D eigenvalue weighted by Crippen LogP contribution is 2.55. The lowest BCUT2D eigenvalue weighted by atomic mass is 9.70.